The molecule has 18 heavy (non-hydrogen) atoms. The lowest BCUT2D eigenvalue weighted by Gasteiger charge is -2.14. The number of pyridine rings is 1. The van der Waals surface area contributed by atoms with Gasteiger partial charge in [-0.3, -0.25) is 9.78 Å². The maximum atomic E-state index is 12.0. The van der Waals surface area contributed by atoms with Crippen LogP contribution in [-0.2, 0) is 4.79 Å². The number of nitrogens with zero attached hydrogens (tertiary/aromatic N) is 2. The quantitative estimate of drug-likeness (QED) is 0.319. The van der Waals surface area contributed by atoms with E-state index in [1.54, 1.807) is 18.5 Å². The van der Waals surface area contributed by atoms with Crippen LogP contribution in [0.25, 0.3) is 0 Å². The summed E-state index contributed by atoms with van der Waals surface area (Å²) in [5.74, 6) is -0.991. The molecule has 0 saturated carbocycles. The maximum absolute atomic E-state index is 12.0. The van der Waals surface area contributed by atoms with E-state index in [1.807, 2.05) is 13.8 Å². The monoisotopic (exact) mass is 250 g/mol. The zero-order chi connectivity index (χ0) is 13.5. The van der Waals surface area contributed by atoms with Crippen LogP contribution in [0.15, 0.2) is 23.6 Å². The van der Waals surface area contributed by atoms with Gasteiger partial charge >= 0.3 is 0 Å². The first kappa shape index (κ1) is 14.0. The fourth-order valence-electron chi connectivity index (χ4n) is 1.62. The molecule has 1 amide bonds. The summed E-state index contributed by atoms with van der Waals surface area (Å²) in [6.07, 6.45) is 4.55. The van der Waals surface area contributed by atoms with E-state index in [9.17, 15) is 4.79 Å². The van der Waals surface area contributed by atoms with Crippen molar-refractivity contribution in [1.82, 2.24) is 4.98 Å². The molecule has 6 nitrogen and oxygen atoms in total. The molecule has 1 unspecified atom stereocenters. The van der Waals surface area contributed by atoms with Gasteiger partial charge < -0.3 is 16.3 Å². The van der Waals surface area contributed by atoms with E-state index < -0.39 is 5.92 Å². The number of amidine groups is 1. The number of nitrogens with one attached hydrogen (secondary N) is 1. The van der Waals surface area contributed by atoms with Crippen molar-refractivity contribution in [2.45, 2.75) is 26.7 Å². The number of anilines is 1. The normalized spacial score (nSPS) is 13.1. The molecule has 0 aromatic carbocycles. The summed E-state index contributed by atoms with van der Waals surface area (Å²) in [4.78, 5) is 16.0. The predicted octanol–water partition coefficient (Wildman–Crippen LogP) is 1.49. The van der Waals surface area contributed by atoms with Gasteiger partial charge in [0, 0.05) is 6.20 Å². The van der Waals surface area contributed by atoms with Crippen molar-refractivity contribution in [2.75, 3.05) is 5.32 Å². The molecule has 0 aliphatic carbocycles. The molecule has 0 bridgehead atoms. The molecule has 0 aliphatic heterocycles. The summed E-state index contributed by atoms with van der Waals surface area (Å²) in [5, 5.41) is 14.3. The van der Waals surface area contributed by atoms with Crippen LogP contribution in [0, 0.1) is 12.8 Å². The molecule has 4 N–H and O–H groups in total. The van der Waals surface area contributed by atoms with Crippen LogP contribution in [0.1, 0.15) is 25.3 Å². The van der Waals surface area contributed by atoms with Crippen molar-refractivity contribution in [3.63, 3.8) is 0 Å². The van der Waals surface area contributed by atoms with Crippen molar-refractivity contribution in [3.05, 3.63) is 24.0 Å². The fraction of sp³-hybridized carbons (Fsp3) is 0.417. The Morgan fingerprint density at radius 1 is 1.61 bits per heavy atom. The molecular weight excluding hydrogens is 232 g/mol. The molecule has 1 aromatic heterocycles. The molecule has 1 rings (SSSR count). The second-order valence-electron chi connectivity index (χ2n) is 4.11. The molecule has 1 atom stereocenters. The van der Waals surface area contributed by atoms with Gasteiger partial charge in [0.05, 0.1) is 17.8 Å². The van der Waals surface area contributed by atoms with Crippen molar-refractivity contribution in [1.29, 1.82) is 0 Å². The van der Waals surface area contributed by atoms with Crippen molar-refractivity contribution < 1.29 is 10.0 Å². The highest BCUT2D eigenvalue weighted by Crippen LogP contribution is 2.12. The van der Waals surface area contributed by atoms with Crippen molar-refractivity contribution >= 4 is 17.4 Å². The second kappa shape index (κ2) is 6.58. The Kier molecular flexibility index (Phi) is 5.10. The molecule has 0 fully saturated rings. The zero-order valence-corrected chi connectivity index (χ0v) is 10.6. The third-order valence-electron chi connectivity index (χ3n) is 2.51. The number of carbonyl (C=O) groups excluding carboxylic acids is 1. The number of aromatic nitrogens is 1. The number of nitrogens with two attached hydrogens (primary N) is 1. The van der Waals surface area contributed by atoms with Crippen LogP contribution in [0.2, 0.25) is 0 Å². The Balaban J connectivity index is 2.79. The molecular formula is C12H18N4O2. The average molecular weight is 250 g/mol. The van der Waals surface area contributed by atoms with Crippen molar-refractivity contribution in [2.24, 2.45) is 16.8 Å². The van der Waals surface area contributed by atoms with Gasteiger partial charge in [0.2, 0.25) is 5.91 Å². The first-order chi connectivity index (χ1) is 8.58. The first-order valence-corrected chi connectivity index (χ1v) is 5.78. The topological polar surface area (TPSA) is 101 Å². The number of oxime groups is 1. The number of rotatable bonds is 5. The Morgan fingerprint density at radius 2 is 2.33 bits per heavy atom. The van der Waals surface area contributed by atoms with Crippen LogP contribution in [0.5, 0.6) is 0 Å². The lowest BCUT2D eigenvalue weighted by atomic mass is 10.0. The molecule has 0 aliphatic rings. The number of hydrogen-bond donors (Lipinski definition) is 3. The molecule has 0 radical (unpaired) electrons. The summed E-state index contributed by atoms with van der Waals surface area (Å²) in [6.45, 7) is 3.81. The van der Waals surface area contributed by atoms with Gasteiger partial charge in [0.15, 0.2) is 5.84 Å². The standard InChI is InChI=1S/C12H18N4O2/c1-3-4-10(11(13)16-18)12(17)15-9-5-8(2)6-14-7-9/h5-7,10,18H,3-4H2,1-2H3,(H2,13,16)(H,15,17). The second-order valence-corrected chi connectivity index (χ2v) is 4.11. The van der Waals surface area contributed by atoms with E-state index in [0.29, 0.717) is 12.1 Å². The zero-order valence-electron chi connectivity index (χ0n) is 10.6. The molecule has 0 saturated heterocycles. The van der Waals surface area contributed by atoms with Crippen LogP contribution in [0.3, 0.4) is 0 Å². The SMILES string of the molecule is CCCC(C(=O)Nc1cncc(C)c1)/C(N)=N/O. The molecule has 1 heterocycles. The summed E-state index contributed by atoms with van der Waals surface area (Å²) in [5.41, 5.74) is 7.06. The van der Waals surface area contributed by atoms with Crippen LogP contribution in [0.4, 0.5) is 5.69 Å². The number of hydrogen-bond acceptors (Lipinski definition) is 4. The lowest BCUT2D eigenvalue weighted by molar-refractivity contribution is -0.118. The number of carbonyl (C=O) groups is 1. The Bertz CT molecular complexity index is 445. The van der Waals surface area contributed by atoms with E-state index >= 15 is 0 Å². The molecule has 1 aromatic rings. The highest BCUT2D eigenvalue weighted by Gasteiger charge is 2.22. The highest BCUT2D eigenvalue weighted by atomic mass is 16.4. The smallest absolute Gasteiger partial charge is 0.235 e. The minimum absolute atomic E-state index is 0.0741. The predicted molar refractivity (Wildman–Crippen MR) is 69.4 cm³/mol. The molecule has 0 spiro atoms. The van der Waals surface area contributed by atoms with Gasteiger partial charge in [-0.05, 0) is 25.0 Å². The number of aryl methyl sites for hydroxylation is 1. The molecule has 98 valence electrons. The van der Waals surface area contributed by atoms with Crippen LogP contribution in [-0.4, -0.2) is 21.9 Å². The first-order valence-electron chi connectivity index (χ1n) is 5.78. The summed E-state index contributed by atoms with van der Waals surface area (Å²) in [6, 6.07) is 1.81. The third kappa shape index (κ3) is 3.73. The third-order valence-corrected chi connectivity index (χ3v) is 2.51. The van der Waals surface area contributed by atoms with Crippen LogP contribution < -0.4 is 11.1 Å². The summed E-state index contributed by atoms with van der Waals surface area (Å²) >= 11 is 0. The minimum atomic E-state index is -0.625. The highest BCUT2D eigenvalue weighted by molar-refractivity contribution is 6.07. The molecule has 6 heteroatoms. The van der Waals surface area contributed by atoms with E-state index in [-0.39, 0.29) is 11.7 Å². The largest absolute Gasteiger partial charge is 0.409 e. The van der Waals surface area contributed by atoms with Gasteiger partial charge in [-0.25, -0.2) is 0 Å². The average Bonchev–Trinajstić information content (AvgIpc) is 2.35. The van der Waals surface area contributed by atoms with Crippen LogP contribution >= 0.6 is 0 Å². The van der Waals surface area contributed by atoms with E-state index in [1.165, 1.54) is 0 Å². The fourth-order valence-corrected chi connectivity index (χ4v) is 1.62. The van der Waals surface area contributed by atoms with Gasteiger partial charge in [-0.2, -0.15) is 0 Å². The van der Waals surface area contributed by atoms with Gasteiger partial charge in [0.25, 0.3) is 0 Å². The minimum Gasteiger partial charge on any atom is -0.409 e. The Hall–Kier alpha value is -2.11. The van der Waals surface area contributed by atoms with Gasteiger partial charge in [0.1, 0.15) is 0 Å². The lowest BCUT2D eigenvalue weighted by Crippen LogP contribution is -2.34. The van der Waals surface area contributed by atoms with E-state index in [0.717, 1.165) is 12.0 Å². The van der Waals surface area contributed by atoms with E-state index in [4.69, 9.17) is 10.9 Å². The van der Waals surface area contributed by atoms with Crippen molar-refractivity contribution in [3.8, 4) is 0 Å². The summed E-state index contributed by atoms with van der Waals surface area (Å²) < 4.78 is 0. The van der Waals surface area contributed by atoms with E-state index in [2.05, 4.69) is 15.5 Å². The summed E-state index contributed by atoms with van der Waals surface area (Å²) in [7, 11) is 0. The van der Waals surface area contributed by atoms with Gasteiger partial charge in [-0.15, -0.1) is 0 Å². The maximum Gasteiger partial charge on any atom is 0.235 e. The Morgan fingerprint density at radius 3 is 2.89 bits per heavy atom. The van der Waals surface area contributed by atoms with Gasteiger partial charge in [-0.1, -0.05) is 18.5 Å². The number of amides is 1. The Labute approximate surface area is 106 Å².